The molecule has 8 heteroatoms. The zero-order chi connectivity index (χ0) is 21.0. The van der Waals surface area contributed by atoms with Crippen molar-refractivity contribution in [3.8, 4) is 44.6 Å². The highest BCUT2D eigenvalue weighted by molar-refractivity contribution is 7.10. The fraction of sp³-hybridized carbons (Fsp3) is 0.238. The van der Waals surface area contributed by atoms with Gasteiger partial charge in [0.1, 0.15) is 5.75 Å². The molecule has 0 saturated carbocycles. The van der Waals surface area contributed by atoms with Crippen molar-refractivity contribution in [2.24, 2.45) is 0 Å². The van der Waals surface area contributed by atoms with Crippen molar-refractivity contribution in [1.82, 2.24) is 4.37 Å². The Morgan fingerprint density at radius 2 is 1.55 bits per heavy atom. The molecule has 29 heavy (non-hydrogen) atoms. The van der Waals surface area contributed by atoms with Crippen molar-refractivity contribution in [3.63, 3.8) is 0 Å². The van der Waals surface area contributed by atoms with Crippen molar-refractivity contribution in [2.75, 3.05) is 33.8 Å². The molecule has 1 N–H and O–H groups in total. The molecule has 0 unspecified atom stereocenters. The van der Waals surface area contributed by atoms with Crippen LogP contribution in [0.2, 0.25) is 0 Å². The van der Waals surface area contributed by atoms with Crippen LogP contribution < -0.4 is 24.3 Å². The molecular formula is C21H22N2O5S. The fourth-order valence-corrected chi connectivity index (χ4v) is 3.78. The summed E-state index contributed by atoms with van der Waals surface area (Å²) in [5.41, 5.74) is 3.29. The van der Waals surface area contributed by atoms with Crippen molar-refractivity contribution in [2.45, 2.75) is 6.92 Å². The van der Waals surface area contributed by atoms with Crippen LogP contribution in [0.15, 0.2) is 36.5 Å². The first-order valence-electron chi connectivity index (χ1n) is 8.73. The van der Waals surface area contributed by atoms with Crippen molar-refractivity contribution < 1.29 is 23.7 Å². The molecule has 0 saturated heterocycles. The predicted octanol–water partition coefficient (Wildman–Crippen LogP) is 4.47. The summed E-state index contributed by atoms with van der Waals surface area (Å²) < 4.78 is 26.1. The quantitative estimate of drug-likeness (QED) is 0.615. The highest BCUT2D eigenvalue weighted by atomic mass is 32.1. The third-order valence-electron chi connectivity index (χ3n) is 4.32. The van der Waals surface area contributed by atoms with Gasteiger partial charge in [0.05, 0.1) is 39.0 Å². The van der Waals surface area contributed by atoms with Gasteiger partial charge in [-0.3, -0.25) is 4.79 Å². The topological polar surface area (TPSA) is 78.9 Å². The van der Waals surface area contributed by atoms with E-state index in [4.69, 9.17) is 18.9 Å². The molecule has 0 atom stereocenters. The molecule has 0 aliphatic rings. The number of nitrogens with one attached hydrogen (secondary N) is 1. The van der Waals surface area contributed by atoms with Crippen LogP contribution in [0.4, 0.5) is 5.69 Å². The zero-order valence-electron chi connectivity index (χ0n) is 16.9. The summed E-state index contributed by atoms with van der Waals surface area (Å²) in [6.07, 6.45) is 1.79. The minimum absolute atomic E-state index is 0.172. The van der Waals surface area contributed by atoms with Gasteiger partial charge in [0.15, 0.2) is 11.5 Å². The van der Waals surface area contributed by atoms with Gasteiger partial charge in [-0.05, 0) is 41.4 Å². The van der Waals surface area contributed by atoms with E-state index in [0.717, 1.165) is 21.6 Å². The molecule has 1 heterocycles. The summed E-state index contributed by atoms with van der Waals surface area (Å²) in [5.74, 6) is 2.07. The average Bonchev–Trinajstić information content (AvgIpc) is 3.22. The van der Waals surface area contributed by atoms with Gasteiger partial charge in [-0.25, -0.2) is 0 Å². The fourth-order valence-electron chi connectivity index (χ4n) is 3.03. The van der Waals surface area contributed by atoms with E-state index in [0.29, 0.717) is 28.7 Å². The maximum Gasteiger partial charge on any atom is 0.221 e. The van der Waals surface area contributed by atoms with Crippen LogP contribution in [0.25, 0.3) is 21.6 Å². The lowest BCUT2D eigenvalue weighted by Crippen LogP contribution is -2.07. The molecule has 1 aromatic heterocycles. The molecule has 0 aliphatic carbocycles. The monoisotopic (exact) mass is 414 g/mol. The average molecular weight is 414 g/mol. The highest BCUT2D eigenvalue weighted by Gasteiger charge is 2.18. The van der Waals surface area contributed by atoms with E-state index in [1.54, 1.807) is 34.6 Å². The van der Waals surface area contributed by atoms with Crippen LogP contribution >= 0.6 is 11.5 Å². The minimum atomic E-state index is -0.172. The Balaban J connectivity index is 2.12. The first-order chi connectivity index (χ1) is 14.0. The molecule has 152 valence electrons. The summed E-state index contributed by atoms with van der Waals surface area (Å²) in [4.78, 5) is 12.5. The van der Waals surface area contributed by atoms with E-state index >= 15 is 0 Å². The van der Waals surface area contributed by atoms with E-state index in [9.17, 15) is 4.79 Å². The summed E-state index contributed by atoms with van der Waals surface area (Å²) >= 11 is 1.36. The Morgan fingerprint density at radius 3 is 2.10 bits per heavy atom. The van der Waals surface area contributed by atoms with Gasteiger partial charge in [-0.15, -0.1) is 0 Å². The Bertz CT molecular complexity index is 1010. The van der Waals surface area contributed by atoms with Gasteiger partial charge >= 0.3 is 0 Å². The van der Waals surface area contributed by atoms with E-state index in [-0.39, 0.29) is 5.91 Å². The normalized spacial score (nSPS) is 10.4. The molecule has 1 amide bonds. The standard InChI is InChI=1S/C21H22N2O5S/c1-12(24)23-16-8-13(6-7-17(16)25-2)15-11-22-29-21(15)14-9-18(26-3)20(28-5)19(10-14)27-4/h6-11H,1-5H3,(H,23,24). The molecular weight excluding hydrogens is 392 g/mol. The number of hydrogen-bond acceptors (Lipinski definition) is 7. The van der Waals surface area contributed by atoms with Crippen LogP contribution in [-0.4, -0.2) is 38.7 Å². The first-order valence-corrected chi connectivity index (χ1v) is 9.50. The second kappa shape index (κ2) is 8.83. The van der Waals surface area contributed by atoms with Gasteiger partial charge in [-0.1, -0.05) is 6.07 Å². The molecule has 0 fully saturated rings. The van der Waals surface area contributed by atoms with Crippen molar-refractivity contribution in [1.29, 1.82) is 0 Å². The van der Waals surface area contributed by atoms with Gasteiger partial charge in [0.2, 0.25) is 11.7 Å². The van der Waals surface area contributed by atoms with Crippen LogP contribution in [0.1, 0.15) is 6.92 Å². The maximum absolute atomic E-state index is 11.6. The van der Waals surface area contributed by atoms with E-state index in [2.05, 4.69) is 9.69 Å². The number of rotatable bonds is 7. The second-order valence-electron chi connectivity index (χ2n) is 6.08. The molecule has 7 nitrogen and oxygen atoms in total. The molecule has 0 aliphatic heterocycles. The maximum atomic E-state index is 11.6. The molecule has 3 rings (SSSR count). The number of aromatic nitrogens is 1. The SMILES string of the molecule is COc1ccc(-c2cnsc2-c2cc(OC)c(OC)c(OC)c2)cc1NC(C)=O. The molecule has 0 spiro atoms. The third kappa shape index (κ3) is 4.12. The lowest BCUT2D eigenvalue weighted by Gasteiger charge is -2.15. The lowest BCUT2D eigenvalue weighted by molar-refractivity contribution is -0.114. The number of hydrogen-bond donors (Lipinski definition) is 1. The Morgan fingerprint density at radius 1 is 0.897 bits per heavy atom. The highest BCUT2D eigenvalue weighted by Crippen LogP contribution is 2.45. The number of anilines is 1. The summed E-state index contributed by atoms with van der Waals surface area (Å²) in [7, 11) is 6.29. The third-order valence-corrected chi connectivity index (χ3v) is 5.17. The number of benzene rings is 2. The van der Waals surface area contributed by atoms with Gasteiger partial charge in [-0.2, -0.15) is 4.37 Å². The van der Waals surface area contributed by atoms with Crippen LogP contribution in [-0.2, 0) is 4.79 Å². The summed E-state index contributed by atoms with van der Waals surface area (Å²) in [6, 6.07) is 9.38. The smallest absolute Gasteiger partial charge is 0.221 e. The van der Waals surface area contributed by atoms with Gasteiger partial charge in [0, 0.05) is 24.2 Å². The Labute approximate surface area is 173 Å². The number of carbonyl (C=O) groups excluding carboxylic acids is 1. The predicted molar refractivity (Wildman–Crippen MR) is 113 cm³/mol. The van der Waals surface area contributed by atoms with Crippen LogP contribution in [0, 0.1) is 0 Å². The van der Waals surface area contributed by atoms with Gasteiger partial charge in [0.25, 0.3) is 0 Å². The van der Waals surface area contributed by atoms with Gasteiger partial charge < -0.3 is 24.3 Å². The number of nitrogens with zero attached hydrogens (tertiary/aromatic N) is 1. The Hall–Kier alpha value is -3.26. The molecule has 0 radical (unpaired) electrons. The van der Waals surface area contributed by atoms with E-state index in [1.807, 2.05) is 30.3 Å². The molecule has 0 bridgehead atoms. The van der Waals surface area contributed by atoms with Crippen LogP contribution in [0.5, 0.6) is 23.0 Å². The summed E-state index contributed by atoms with van der Waals surface area (Å²) in [5, 5.41) is 2.80. The number of carbonyl (C=O) groups is 1. The van der Waals surface area contributed by atoms with E-state index in [1.165, 1.54) is 18.5 Å². The minimum Gasteiger partial charge on any atom is -0.495 e. The second-order valence-corrected chi connectivity index (χ2v) is 6.88. The first kappa shape index (κ1) is 20.5. The Kier molecular flexibility index (Phi) is 6.23. The van der Waals surface area contributed by atoms with Crippen LogP contribution in [0.3, 0.4) is 0 Å². The number of methoxy groups -OCH3 is 4. The van der Waals surface area contributed by atoms with Crippen molar-refractivity contribution >= 4 is 23.1 Å². The molecule has 2 aromatic carbocycles. The summed E-state index contributed by atoms with van der Waals surface area (Å²) in [6.45, 7) is 1.46. The number of amides is 1. The number of ether oxygens (including phenoxy) is 4. The zero-order valence-corrected chi connectivity index (χ0v) is 17.7. The largest absolute Gasteiger partial charge is 0.495 e. The lowest BCUT2D eigenvalue weighted by atomic mass is 10.0. The van der Waals surface area contributed by atoms with Crippen molar-refractivity contribution in [3.05, 3.63) is 36.5 Å². The molecule has 3 aromatic rings. The van der Waals surface area contributed by atoms with E-state index < -0.39 is 0 Å².